The molecule has 3 rings (SSSR count). The molecule has 2 heterocycles. The van der Waals surface area contributed by atoms with Crippen LogP contribution in [0.15, 0.2) is 23.1 Å². The van der Waals surface area contributed by atoms with Crippen LogP contribution >= 0.6 is 11.6 Å². The first-order valence-electron chi connectivity index (χ1n) is 8.80. The number of anilines is 1. The molecule has 1 aliphatic rings. The molecule has 0 aliphatic carbocycles. The van der Waals surface area contributed by atoms with Crippen molar-refractivity contribution in [1.82, 2.24) is 9.88 Å². The van der Waals surface area contributed by atoms with Crippen molar-refractivity contribution >= 4 is 33.2 Å². The highest BCUT2D eigenvalue weighted by molar-refractivity contribution is 7.92. The Morgan fingerprint density at radius 3 is 2.38 bits per heavy atom. The zero-order chi connectivity index (χ0) is 21.6. The fourth-order valence-electron chi connectivity index (χ4n) is 3.47. The molecule has 158 valence electrons. The molecule has 1 aromatic heterocycles. The number of carbonyl (C=O) groups is 1. The third-order valence-corrected chi connectivity index (χ3v) is 6.50. The molecule has 6 nitrogen and oxygen atoms in total. The highest BCUT2D eigenvalue weighted by Crippen LogP contribution is 2.38. The number of halogens is 4. The molecule has 1 amide bonds. The third-order valence-electron chi connectivity index (χ3n) is 4.72. The molecule has 0 bridgehead atoms. The van der Waals surface area contributed by atoms with Gasteiger partial charge in [0.15, 0.2) is 0 Å². The smallest absolute Gasteiger partial charge is 0.361 e. The van der Waals surface area contributed by atoms with Crippen molar-refractivity contribution in [1.29, 1.82) is 0 Å². The van der Waals surface area contributed by atoms with E-state index < -0.39 is 33.4 Å². The number of rotatable bonds is 4. The predicted octanol–water partition coefficient (Wildman–Crippen LogP) is 4.34. The first kappa shape index (κ1) is 21.5. The van der Waals surface area contributed by atoms with Gasteiger partial charge < -0.3 is 9.88 Å². The maximum Gasteiger partial charge on any atom is 0.418 e. The second kappa shape index (κ2) is 7.56. The molecule has 0 spiro atoms. The summed E-state index contributed by atoms with van der Waals surface area (Å²) in [6.07, 6.45) is -3.19. The van der Waals surface area contributed by atoms with E-state index in [0.717, 1.165) is 25.0 Å². The number of likely N-dealkylation sites (tertiary alicyclic amines) is 1. The average Bonchev–Trinajstić information content (AvgIpc) is 3.22. The molecule has 1 aromatic carbocycles. The summed E-state index contributed by atoms with van der Waals surface area (Å²) in [4.78, 5) is 16.9. The molecule has 0 radical (unpaired) electrons. The van der Waals surface area contributed by atoms with Crippen LogP contribution in [0.5, 0.6) is 0 Å². The number of sulfonamides is 1. The van der Waals surface area contributed by atoms with Gasteiger partial charge in [0.05, 0.1) is 16.8 Å². The Morgan fingerprint density at radius 1 is 1.17 bits per heavy atom. The Morgan fingerprint density at radius 2 is 1.79 bits per heavy atom. The Kier molecular flexibility index (Phi) is 5.61. The van der Waals surface area contributed by atoms with Gasteiger partial charge in [-0.15, -0.1) is 0 Å². The van der Waals surface area contributed by atoms with Crippen LogP contribution in [0.3, 0.4) is 0 Å². The van der Waals surface area contributed by atoms with E-state index >= 15 is 0 Å². The standard InChI is InChI=1S/C18H19ClF3N3O3S/c1-10-15(17(26)25-7-3-4-8-25)16(11(2)23-10)29(27,28)24-14-6-5-12(19)9-13(14)18(20,21)22/h5-6,9,23-24H,3-4,7-8H2,1-2H3. The average molecular weight is 450 g/mol. The van der Waals surface area contributed by atoms with Crippen molar-refractivity contribution in [3.05, 3.63) is 45.7 Å². The zero-order valence-electron chi connectivity index (χ0n) is 15.7. The fraction of sp³-hybridized carbons (Fsp3) is 0.389. The van der Waals surface area contributed by atoms with E-state index in [0.29, 0.717) is 24.8 Å². The van der Waals surface area contributed by atoms with Gasteiger partial charge >= 0.3 is 6.18 Å². The van der Waals surface area contributed by atoms with E-state index in [-0.39, 0.29) is 21.2 Å². The third kappa shape index (κ3) is 4.23. The van der Waals surface area contributed by atoms with E-state index in [1.807, 2.05) is 4.72 Å². The Hall–Kier alpha value is -2.20. The number of amides is 1. The van der Waals surface area contributed by atoms with Crippen LogP contribution < -0.4 is 4.72 Å². The van der Waals surface area contributed by atoms with Crippen molar-refractivity contribution in [2.75, 3.05) is 17.8 Å². The predicted molar refractivity (Wildman–Crippen MR) is 103 cm³/mol. The van der Waals surface area contributed by atoms with Crippen LogP contribution in [0.1, 0.15) is 40.2 Å². The van der Waals surface area contributed by atoms with Gasteiger partial charge in [-0.2, -0.15) is 13.2 Å². The second-order valence-electron chi connectivity index (χ2n) is 6.87. The molecule has 0 saturated carbocycles. The van der Waals surface area contributed by atoms with Crippen molar-refractivity contribution in [3.63, 3.8) is 0 Å². The number of aromatic nitrogens is 1. The topological polar surface area (TPSA) is 82.3 Å². The van der Waals surface area contributed by atoms with Crippen LogP contribution in [0.2, 0.25) is 5.02 Å². The maximum absolute atomic E-state index is 13.3. The van der Waals surface area contributed by atoms with Gasteiger partial charge in [-0.05, 0) is 44.9 Å². The SMILES string of the molecule is Cc1[nH]c(C)c(S(=O)(=O)Nc2ccc(Cl)cc2C(F)(F)F)c1C(=O)N1CCCC1. The minimum atomic E-state index is -4.82. The number of carbonyl (C=O) groups excluding carboxylic acids is 1. The van der Waals surface area contributed by atoms with E-state index in [9.17, 15) is 26.4 Å². The van der Waals surface area contributed by atoms with Crippen LogP contribution in [0.25, 0.3) is 0 Å². The monoisotopic (exact) mass is 449 g/mol. The number of aromatic amines is 1. The molecule has 2 aromatic rings. The number of nitrogens with zero attached hydrogens (tertiary/aromatic N) is 1. The van der Waals surface area contributed by atoms with Gasteiger partial charge in [0.25, 0.3) is 15.9 Å². The Bertz CT molecular complexity index is 1060. The lowest BCUT2D eigenvalue weighted by Crippen LogP contribution is -2.30. The van der Waals surface area contributed by atoms with Crippen LogP contribution in [0, 0.1) is 13.8 Å². The fourth-order valence-corrected chi connectivity index (χ4v) is 5.17. The molecule has 2 N–H and O–H groups in total. The van der Waals surface area contributed by atoms with Crippen molar-refractivity contribution in [2.24, 2.45) is 0 Å². The lowest BCUT2D eigenvalue weighted by atomic mass is 10.2. The minimum Gasteiger partial charge on any atom is -0.361 e. The van der Waals surface area contributed by atoms with Gasteiger partial charge in [0, 0.05) is 29.5 Å². The zero-order valence-corrected chi connectivity index (χ0v) is 17.2. The summed E-state index contributed by atoms with van der Waals surface area (Å²) in [6.45, 7) is 4.02. The number of hydrogen-bond donors (Lipinski definition) is 2. The van der Waals surface area contributed by atoms with Crippen LogP contribution in [-0.2, 0) is 16.2 Å². The molecule has 1 aliphatic heterocycles. The summed E-state index contributed by atoms with van der Waals surface area (Å²) >= 11 is 5.65. The van der Waals surface area contributed by atoms with E-state index in [1.165, 1.54) is 11.8 Å². The summed E-state index contributed by atoms with van der Waals surface area (Å²) in [6, 6.07) is 2.74. The number of nitrogens with one attached hydrogen (secondary N) is 2. The van der Waals surface area contributed by atoms with Gasteiger partial charge in [0.2, 0.25) is 0 Å². The summed E-state index contributed by atoms with van der Waals surface area (Å²) in [7, 11) is -4.50. The second-order valence-corrected chi connectivity index (χ2v) is 8.93. The molecule has 29 heavy (non-hydrogen) atoms. The Balaban J connectivity index is 2.07. The first-order chi connectivity index (χ1) is 13.4. The number of hydrogen-bond acceptors (Lipinski definition) is 3. The molecular formula is C18H19ClF3N3O3S. The highest BCUT2D eigenvalue weighted by Gasteiger charge is 2.37. The summed E-state index contributed by atoms with van der Waals surface area (Å²) < 4.78 is 68.1. The number of alkyl halides is 3. The molecule has 0 unspecified atom stereocenters. The largest absolute Gasteiger partial charge is 0.418 e. The quantitative estimate of drug-likeness (QED) is 0.728. The molecular weight excluding hydrogens is 431 g/mol. The van der Waals surface area contributed by atoms with Gasteiger partial charge in [-0.1, -0.05) is 11.6 Å². The van der Waals surface area contributed by atoms with Gasteiger partial charge in [-0.3, -0.25) is 9.52 Å². The lowest BCUT2D eigenvalue weighted by Gasteiger charge is -2.18. The van der Waals surface area contributed by atoms with Crippen molar-refractivity contribution in [3.8, 4) is 0 Å². The lowest BCUT2D eigenvalue weighted by molar-refractivity contribution is -0.136. The van der Waals surface area contributed by atoms with E-state index in [4.69, 9.17) is 11.6 Å². The first-order valence-corrected chi connectivity index (χ1v) is 10.7. The molecule has 0 atom stereocenters. The molecule has 11 heteroatoms. The molecule has 1 fully saturated rings. The molecule has 1 saturated heterocycles. The Labute approximate surface area is 171 Å². The summed E-state index contributed by atoms with van der Waals surface area (Å²) in [5.74, 6) is -0.461. The summed E-state index contributed by atoms with van der Waals surface area (Å²) in [5, 5.41) is -0.182. The number of aryl methyl sites for hydroxylation is 2. The van der Waals surface area contributed by atoms with Crippen molar-refractivity contribution < 1.29 is 26.4 Å². The normalized spacial score (nSPS) is 15.0. The van der Waals surface area contributed by atoms with Crippen molar-refractivity contribution in [2.45, 2.75) is 37.8 Å². The van der Waals surface area contributed by atoms with Crippen LogP contribution in [0.4, 0.5) is 18.9 Å². The minimum absolute atomic E-state index is 0.0561. The number of H-pyrrole nitrogens is 1. The van der Waals surface area contributed by atoms with E-state index in [2.05, 4.69) is 4.98 Å². The van der Waals surface area contributed by atoms with Gasteiger partial charge in [0.1, 0.15) is 4.90 Å². The summed E-state index contributed by atoms with van der Waals surface area (Å²) in [5.41, 5.74) is -1.43. The van der Waals surface area contributed by atoms with Crippen LogP contribution in [-0.4, -0.2) is 37.3 Å². The number of benzene rings is 1. The van der Waals surface area contributed by atoms with E-state index in [1.54, 1.807) is 6.92 Å². The maximum atomic E-state index is 13.3. The van der Waals surface area contributed by atoms with Gasteiger partial charge in [-0.25, -0.2) is 8.42 Å². The highest BCUT2D eigenvalue weighted by atomic mass is 35.5.